The Kier molecular flexibility index (Phi) is 6.33. The molecule has 0 amide bonds. The summed E-state index contributed by atoms with van der Waals surface area (Å²) in [6, 6.07) is 6.40. The summed E-state index contributed by atoms with van der Waals surface area (Å²) in [5.41, 5.74) is 2.00. The fraction of sp³-hybridized carbons (Fsp3) is 0.375. The Hall–Kier alpha value is -1.95. The zero-order valence-electron chi connectivity index (χ0n) is 12.9. The first-order chi connectivity index (χ1) is 10.7. The van der Waals surface area contributed by atoms with Gasteiger partial charge < -0.3 is 10.6 Å². The fourth-order valence-electron chi connectivity index (χ4n) is 1.87. The monoisotopic (exact) mass is 320 g/mol. The van der Waals surface area contributed by atoms with Crippen LogP contribution >= 0.6 is 11.3 Å². The number of benzene rings is 1. The highest BCUT2D eigenvalue weighted by Gasteiger charge is 2.02. The molecule has 0 saturated heterocycles. The zero-order chi connectivity index (χ0) is 15.8. The third-order valence-electron chi connectivity index (χ3n) is 3.02. The van der Waals surface area contributed by atoms with Gasteiger partial charge >= 0.3 is 0 Å². The third-order valence-corrected chi connectivity index (χ3v) is 4.06. The minimum absolute atomic E-state index is 0.229. The predicted octanol–water partition coefficient (Wildman–Crippen LogP) is 3.10. The van der Waals surface area contributed by atoms with Crippen LogP contribution < -0.4 is 10.6 Å². The topological polar surface area (TPSA) is 49.3 Å². The molecule has 0 aliphatic carbocycles. The Morgan fingerprint density at radius 1 is 1.23 bits per heavy atom. The van der Waals surface area contributed by atoms with Crippen molar-refractivity contribution in [1.29, 1.82) is 0 Å². The molecule has 6 heteroatoms. The molecule has 2 aromatic rings. The van der Waals surface area contributed by atoms with E-state index in [-0.39, 0.29) is 5.82 Å². The van der Waals surface area contributed by atoms with Gasteiger partial charge in [0.1, 0.15) is 5.82 Å². The van der Waals surface area contributed by atoms with Gasteiger partial charge in [-0.15, -0.1) is 11.3 Å². The van der Waals surface area contributed by atoms with E-state index in [9.17, 15) is 4.39 Å². The summed E-state index contributed by atoms with van der Waals surface area (Å²) in [4.78, 5) is 9.02. The van der Waals surface area contributed by atoms with Crippen molar-refractivity contribution in [2.45, 2.75) is 33.4 Å². The SMILES string of the molecule is CCNC(=NCc1ccc(F)cc1)NCc1csc(CC)n1. The normalized spacial score (nSPS) is 11.5. The number of halogens is 1. The van der Waals surface area contributed by atoms with Gasteiger partial charge in [-0.1, -0.05) is 19.1 Å². The largest absolute Gasteiger partial charge is 0.357 e. The van der Waals surface area contributed by atoms with Crippen molar-refractivity contribution in [2.24, 2.45) is 4.99 Å². The summed E-state index contributed by atoms with van der Waals surface area (Å²) in [6.45, 7) is 6.06. The average Bonchev–Trinajstić information content (AvgIpc) is 3.00. The molecule has 0 fully saturated rings. The summed E-state index contributed by atoms with van der Waals surface area (Å²) in [6.07, 6.45) is 0.962. The summed E-state index contributed by atoms with van der Waals surface area (Å²) >= 11 is 1.68. The number of thiazole rings is 1. The van der Waals surface area contributed by atoms with Crippen molar-refractivity contribution in [1.82, 2.24) is 15.6 Å². The van der Waals surface area contributed by atoms with E-state index >= 15 is 0 Å². The van der Waals surface area contributed by atoms with Crippen LogP contribution in [0, 0.1) is 5.82 Å². The van der Waals surface area contributed by atoms with Crippen molar-refractivity contribution in [3.05, 3.63) is 51.7 Å². The number of hydrogen-bond acceptors (Lipinski definition) is 3. The Balaban J connectivity index is 1.93. The van der Waals surface area contributed by atoms with E-state index < -0.39 is 0 Å². The highest BCUT2D eigenvalue weighted by molar-refractivity contribution is 7.09. The molecular weight excluding hydrogens is 299 g/mol. The lowest BCUT2D eigenvalue weighted by Gasteiger charge is -2.10. The quantitative estimate of drug-likeness (QED) is 0.635. The van der Waals surface area contributed by atoms with Crippen molar-refractivity contribution in [3.8, 4) is 0 Å². The Morgan fingerprint density at radius 3 is 2.64 bits per heavy atom. The van der Waals surface area contributed by atoms with Crippen LogP contribution in [0.4, 0.5) is 4.39 Å². The highest BCUT2D eigenvalue weighted by atomic mass is 32.1. The molecule has 0 radical (unpaired) electrons. The van der Waals surface area contributed by atoms with Crippen molar-refractivity contribution in [3.63, 3.8) is 0 Å². The third kappa shape index (κ3) is 5.11. The van der Waals surface area contributed by atoms with Crippen LogP contribution in [-0.2, 0) is 19.5 Å². The Bertz CT molecular complexity index is 607. The van der Waals surface area contributed by atoms with Gasteiger partial charge in [0.2, 0.25) is 0 Å². The highest BCUT2D eigenvalue weighted by Crippen LogP contribution is 2.09. The van der Waals surface area contributed by atoms with Crippen LogP contribution in [0.15, 0.2) is 34.6 Å². The number of hydrogen-bond donors (Lipinski definition) is 2. The lowest BCUT2D eigenvalue weighted by molar-refractivity contribution is 0.627. The smallest absolute Gasteiger partial charge is 0.191 e. The summed E-state index contributed by atoms with van der Waals surface area (Å²) in [5.74, 6) is 0.505. The van der Waals surface area contributed by atoms with Crippen molar-refractivity contribution in [2.75, 3.05) is 6.54 Å². The molecule has 0 aliphatic rings. The fourth-order valence-corrected chi connectivity index (χ4v) is 2.61. The molecule has 1 heterocycles. The predicted molar refractivity (Wildman–Crippen MR) is 89.5 cm³/mol. The first-order valence-corrected chi connectivity index (χ1v) is 8.29. The summed E-state index contributed by atoms with van der Waals surface area (Å²) < 4.78 is 12.9. The van der Waals surface area contributed by atoms with E-state index in [1.807, 2.05) is 6.92 Å². The van der Waals surface area contributed by atoms with Gasteiger partial charge in [0, 0.05) is 11.9 Å². The second-order valence-electron chi connectivity index (χ2n) is 4.76. The maximum Gasteiger partial charge on any atom is 0.191 e. The zero-order valence-corrected chi connectivity index (χ0v) is 13.7. The van der Waals surface area contributed by atoms with E-state index in [1.165, 1.54) is 12.1 Å². The van der Waals surface area contributed by atoms with Crippen LogP contribution in [0.1, 0.15) is 30.1 Å². The van der Waals surface area contributed by atoms with E-state index in [0.717, 1.165) is 35.2 Å². The standard InChI is InChI=1S/C16H21FN4S/c1-3-15-21-14(11-22-15)10-20-16(18-4-2)19-9-12-5-7-13(17)8-6-12/h5-8,11H,3-4,9-10H2,1-2H3,(H2,18,19,20). The van der Waals surface area contributed by atoms with Gasteiger partial charge in [0.25, 0.3) is 0 Å². The molecule has 0 atom stereocenters. The van der Waals surface area contributed by atoms with Gasteiger partial charge in [-0.05, 0) is 31.0 Å². The number of nitrogens with zero attached hydrogens (tertiary/aromatic N) is 2. The van der Waals surface area contributed by atoms with E-state index in [1.54, 1.807) is 23.5 Å². The van der Waals surface area contributed by atoms with Crippen LogP contribution in [0.3, 0.4) is 0 Å². The minimum atomic E-state index is -0.229. The minimum Gasteiger partial charge on any atom is -0.357 e. The molecule has 2 rings (SSSR count). The van der Waals surface area contributed by atoms with Gasteiger partial charge in [0.15, 0.2) is 5.96 Å². The lowest BCUT2D eigenvalue weighted by atomic mass is 10.2. The first kappa shape index (κ1) is 16.4. The molecule has 0 unspecified atom stereocenters. The number of aromatic nitrogens is 1. The molecule has 118 valence electrons. The molecule has 0 spiro atoms. The number of aryl methyl sites for hydroxylation is 1. The van der Waals surface area contributed by atoms with E-state index in [0.29, 0.717) is 13.1 Å². The summed E-state index contributed by atoms with van der Waals surface area (Å²) in [7, 11) is 0. The molecular formula is C16H21FN4S. The molecule has 0 saturated carbocycles. The van der Waals surface area contributed by atoms with Crippen LogP contribution in [-0.4, -0.2) is 17.5 Å². The molecule has 0 bridgehead atoms. The van der Waals surface area contributed by atoms with Crippen molar-refractivity contribution >= 4 is 17.3 Å². The summed E-state index contributed by atoms with van der Waals surface area (Å²) in [5, 5.41) is 9.67. The molecule has 0 aliphatic heterocycles. The van der Waals surface area contributed by atoms with Gasteiger partial charge in [-0.25, -0.2) is 14.4 Å². The average molecular weight is 320 g/mol. The lowest BCUT2D eigenvalue weighted by Crippen LogP contribution is -2.36. The van der Waals surface area contributed by atoms with E-state index in [4.69, 9.17) is 0 Å². The van der Waals surface area contributed by atoms with Crippen molar-refractivity contribution < 1.29 is 4.39 Å². The second-order valence-corrected chi connectivity index (χ2v) is 5.70. The maximum atomic E-state index is 12.9. The molecule has 22 heavy (non-hydrogen) atoms. The maximum absolute atomic E-state index is 12.9. The Labute approximate surface area is 134 Å². The van der Waals surface area contributed by atoms with Gasteiger partial charge in [0.05, 0.1) is 23.8 Å². The van der Waals surface area contributed by atoms with E-state index in [2.05, 4.69) is 32.9 Å². The number of nitrogens with one attached hydrogen (secondary N) is 2. The first-order valence-electron chi connectivity index (χ1n) is 7.41. The van der Waals surface area contributed by atoms with Gasteiger partial charge in [-0.3, -0.25) is 0 Å². The van der Waals surface area contributed by atoms with Gasteiger partial charge in [-0.2, -0.15) is 0 Å². The molecule has 1 aromatic heterocycles. The number of rotatable bonds is 6. The molecule has 4 nitrogen and oxygen atoms in total. The van der Waals surface area contributed by atoms with Crippen LogP contribution in [0.25, 0.3) is 0 Å². The Morgan fingerprint density at radius 2 is 2.00 bits per heavy atom. The molecule has 2 N–H and O–H groups in total. The number of aliphatic imine (C=N–C) groups is 1. The molecule has 1 aromatic carbocycles. The van der Waals surface area contributed by atoms with Crippen LogP contribution in [0.2, 0.25) is 0 Å². The number of guanidine groups is 1. The van der Waals surface area contributed by atoms with Crippen LogP contribution in [0.5, 0.6) is 0 Å². The second kappa shape index (κ2) is 8.48.